The zero-order valence-electron chi connectivity index (χ0n) is 16.0. The van der Waals surface area contributed by atoms with Crippen LogP contribution in [0.5, 0.6) is 0 Å². The summed E-state index contributed by atoms with van der Waals surface area (Å²) in [6, 6.07) is 30.8. The van der Waals surface area contributed by atoms with Crippen molar-refractivity contribution < 1.29 is 0 Å². The predicted molar refractivity (Wildman–Crippen MR) is 122 cm³/mol. The largest absolute Gasteiger partial charge is 0.306 e. The first kappa shape index (κ1) is 22.4. The zero-order valence-corrected chi connectivity index (χ0v) is 17.6. The van der Waals surface area contributed by atoms with Crippen LogP contribution in [-0.2, 0) is 13.1 Å². The normalized spacial score (nSPS) is 17.1. The van der Waals surface area contributed by atoms with Crippen molar-refractivity contribution in [1.82, 2.24) is 10.2 Å². The SMILES string of the molecule is Cl.Cl.c1ccc(CN2CCCNC(c3ccccc3)c3ccccc3C2)cc1. The van der Waals surface area contributed by atoms with Crippen molar-refractivity contribution in [2.24, 2.45) is 0 Å². The Balaban J connectivity index is 0.00000140. The molecule has 0 saturated carbocycles. The Morgan fingerprint density at radius 3 is 2.18 bits per heavy atom. The molecule has 0 aliphatic carbocycles. The maximum atomic E-state index is 3.79. The van der Waals surface area contributed by atoms with E-state index in [1.165, 1.54) is 22.3 Å². The Morgan fingerprint density at radius 1 is 0.786 bits per heavy atom. The number of benzene rings is 3. The monoisotopic (exact) mass is 414 g/mol. The number of halogens is 2. The molecule has 0 amide bonds. The van der Waals surface area contributed by atoms with Crippen molar-refractivity contribution in [3.05, 3.63) is 107 Å². The molecule has 1 aliphatic heterocycles. The maximum Gasteiger partial charge on any atom is 0.0579 e. The Morgan fingerprint density at radius 2 is 1.43 bits per heavy atom. The van der Waals surface area contributed by atoms with E-state index in [9.17, 15) is 0 Å². The van der Waals surface area contributed by atoms with Gasteiger partial charge in [-0.1, -0.05) is 84.9 Å². The maximum absolute atomic E-state index is 3.79. The van der Waals surface area contributed by atoms with E-state index in [0.29, 0.717) is 0 Å². The molecule has 1 unspecified atom stereocenters. The molecule has 1 atom stereocenters. The molecule has 1 heterocycles. The fraction of sp³-hybridized carbons (Fsp3) is 0.250. The lowest BCUT2D eigenvalue weighted by atomic mass is 9.94. The lowest BCUT2D eigenvalue weighted by molar-refractivity contribution is 0.254. The molecule has 0 bridgehead atoms. The summed E-state index contributed by atoms with van der Waals surface area (Å²) in [5, 5.41) is 3.79. The predicted octanol–water partition coefficient (Wildman–Crippen LogP) is 5.62. The molecule has 4 heteroatoms. The van der Waals surface area contributed by atoms with Gasteiger partial charge < -0.3 is 5.32 Å². The van der Waals surface area contributed by atoms with E-state index in [1.54, 1.807) is 0 Å². The molecule has 0 fully saturated rings. The first-order valence-corrected chi connectivity index (χ1v) is 9.52. The van der Waals surface area contributed by atoms with Crippen LogP contribution < -0.4 is 5.32 Å². The van der Waals surface area contributed by atoms with Gasteiger partial charge in [-0.15, -0.1) is 24.8 Å². The van der Waals surface area contributed by atoms with Gasteiger partial charge >= 0.3 is 0 Å². The number of hydrogen-bond donors (Lipinski definition) is 1. The first-order valence-electron chi connectivity index (χ1n) is 9.52. The van der Waals surface area contributed by atoms with Crippen LogP contribution >= 0.6 is 24.8 Å². The van der Waals surface area contributed by atoms with Crippen LogP contribution in [0.3, 0.4) is 0 Å². The fourth-order valence-electron chi connectivity index (χ4n) is 3.86. The lowest BCUT2D eigenvalue weighted by Crippen LogP contribution is -2.26. The second-order valence-corrected chi connectivity index (χ2v) is 7.05. The van der Waals surface area contributed by atoms with Gasteiger partial charge in [-0.05, 0) is 35.2 Å². The summed E-state index contributed by atoms with van der Waals surface area (Å²) in [5.41, 5.74) is 5.55. The van der Waals surface area contributed by atoms with Crippen LogP contribution in [0, 0.1) is 0 Å². The molecule has 1 N–H and O–H groups in total. The van der Waals surface area contributed by atoms with E-state index in [4.69, 9.17) is 0 Å². The Hall–Kier alpha value is -1.84. The average molecular weight is 415 g/mol. The molecular weight excluding hydrogens is 387 g/mol. The Kier molecular flexibility index (Phi) is 9.01. The van der Waals surface area contributed by atoms with Gasteiger partial charge in [0.05, 0.1) is 6.04 Å². The van der Waals surface area contributed by atoms with Gasteiger partial charge in [0.25, 0.3) is 0 Å². The highest BCUT2D eigenvalue weighted by atomic mass is 35.5. The van der Waals surface area contributed by atoms with Gasteiger partial charge in [-0.3, -0.25) is 4.90 Å². The van der Waals surface area contributed by atoms with Gasteiger partial charge in [-0.2, -0.15) is 0 Å². The van der Waals surface area contributed by atoms with E-state index >= 15 is 0 Å². The summed E-state index contributed by atoms with van der Waals surface area (Å²) in [4.78, 5) is 2.57. The molecule has 28 heavy (non-hydrogen) atoms. The van der Waals surface area contributed by atoms with Gasteiger partial charge in [0.2, 0.25) is 0 Å². The summed E-state index contributed by atoms with van der Waals surface area (Å²) < 4.78 is 0. The summed E-state index contributed by atoms with van der Waals surface area (Å²) >= 11 is 0. The highest BCUT2D eigenvalue weighted by molar-refractivity contribution is 5.85. The summed E-state index contributed by atoms with van der Waals surface area (Å²) in [7, 11) is 0. The molecule has 148 valence electrons. The number of hydrogen-bond acceptors (Lipinski definition) is 2. The van der Waals surface area contributed by atoms with Crippen LogP contribution in [0.4, 0.5) is 0 Å². The number of fused-ring (bicyclic) bond motifs is 1. The van der Waals surface area contributed by atoms with E-state index in [0.717, 1.165) is 32.6 Å². The molecule has 0 spiro atoms. The lowest BCUT2D eigenvalue weighted by Gasteiger charge is -2.24. The van der Waals surface area contributed by atoms with E-state index in [-0.39, 0.29) is 30.9 Å². The second kappa shape index (κ2) is 11.2. The first-order chi connectivity index (χ1) is 12.9. The van der Waals surface area contributed by atoms with Crippen LogP contribution in [-0.4, -0.2) is 18.0 Å². The minimum atomic E-state index is 0. The zero-order chi connectivity index (χ0) is 17.6. The summed E-state index contributed by atoms with van der Waals surface area (Å²) in [6.45, 7) is 4.14. The molecule has 0 radical (unpaired) electrons. The smallest absolute Gasteiger partial charge is 0.0579 e. The van der Waals surface area contributed by atoms with E-state index in [2.05, 4.69) is 95.1 Å². The van der Waals surface area contributed by atoms with Crippen LogP contribution in [0.25, 0.3) is 0 Å². The van der Waals surface area contributed by atoms with Gasteiger partial charge in [0, 0.05) is 19.6 Å². The molecule has 0 aromatic heterocycles. The van der Waals surface area contributed by atoms with Crippen molar-refractivity contribution in [2.45, 2.75) is 25.6 Å². The third-order valence-electron chi connectivity index (χ3n) is 5.14. The molecule has 0 saturated heterocycles. The topological polar surface area (TPSA) is 15.3 Å². The Labute approximate surface area is 180 Å². The highest BCUT2D eigenvalue weighted by Crippen LogP contribution is 2.27. The summed E-state index contributed by atoms with van der Waals surface area (Å²) in [5.74, 6) is 0. The molecule has 3 aromatic rings. The summed E-state index contributed by atoms with van der Waals surface area (Å²) in [6.07, 6.45) is 1.16. The third kappa shape index (κ3) is 5.59. The van der Waals surface area contributed by atoms with Crippen molar-refractivity contribution in [3.8, 4) is 0 Å². The van der Waals surface area contributed by atoms with Crippen molar-refractivity contribution in [3.63, 3.8) is 0 Å². The average Bonchev–Trinajstić information content (AvgIpc) is 2.78. The highest BCUT2D eigenvalue weighted by Gasteiger charge is 2.20. The third-order valence-corrected chi connectivity index (χ3v) is 5.14. The number of nitrogens with zero attached hydrogens (tertiary/aromatic N) is 1. The van der Waals surface area contributed by atoms with Crippen molar-refractivity contribution in [1.29, 1.82) is 0 Å². The minimum Gasteiger partial charge on any atom is -0.306 e. The van der Waals surface area contributed by atoms with Gasteiger partial charge in [-0.25, -0.2) is 0 Å². The van der Waals surface area contributed by atoms with Crippen LogP contribution in [0.15, 0.2) is 84.9 Å². The standard InChI is InChI=1S/C24H26N2.2ClH/c1-3-10-20(11-4-1)18-26-17-9-16-25-24(21-12-5-2-6-13-21)23-15-8-7-14-22(23)19-26;;/h1-8,10-15,24-25H,9,16-19H2;2*1H. The Bertz CT molecular complexity index is 824. The van der Waals surface area contributed by atoms with Gasteiger partial charge in [0.15, 0.2) is 0 Å². The number of nitrogens with one attached hydrogen (secondary N) is 1. The molecular formula is C24H28Cl2N2. The van der Waals surface area contributed by atoms with Crippen LogP contribution in [0.1, 0.15) is 34.7 Å². The number of rotatable bonds is 3. The second-order valence-electron chi connectivity index (χ2n) is 7.05. The van der Waals surface area contributed by atoms with Crippen LogP contribution in [0.2, 0.25) is 0 Å². The molecule has 1 aliphatic rings. The molecule has 4 rings (SSSR count). The minimum absolute atomic E-state index is 0. The fourth-order valence-corrected chi connectivity index (χ4v) is 3.86. The van der Waals surface area contributed by atoms with Gasteiger partial charge in [0.1, 0.15) is 0 Å². The van der Waals surface area contributed by atoms with Crippen molar-refractivity contribution >= 4 is 24.8 Å². The van der Waals surface area contributed by atoms with Crippen molar-refractivity contribution in [2.75, 3.05) is 13.1 Å². The van der Waals surface area contributed by atoms with E-state index in [1.807, 2.05) is 0 Å². The quantitative estimate of drug-likeness (QED) is 0.598. The molecule has 2 nitrogen and oxygen atoms in total. The molecule has 3 aromatic carbocycles. The van der Waals surface area contributed by atoms with E-state index < -0.39 is 0 Å².